The summed E-state index contributed by atoms with van der Waals surface area (Å²) >= 11 is 1.54. The van der Waals surface area contributed by atoms with Crippen LogP contribution in [0.3, 0.4) is 0 Å². The van der Waals surface area contributed by atoms with E-state index in [0.717, 1.165) is 47.0 Å². The second kappa shape index (κ2) is 6.03. The molecule has 1 aliphatic rings. The molecule has 1 fully saturated rings. The third-order valence-electron chi connectivity index (χ3n) is 4.88. The van der Waals surface area contributed by atoms with Crippen molar-refractivity contribution in [1.29, 1.82) is 0 Å². The Morgan fingerprint density at radius 2 is 2.08 bits per heavy atom. The molecule has 0 aliphatic heterocycles. The highest BCUT2D eigenvalue weighted by Gasteiger charge is 2.23. The number of carbonyl (C=O) groups excluding carboxylic acids is 1. The number of nitrogens with two attached hydrogens (primary N) is 1. The van der Waals surface area contributed by atoms with E-state index in [-0.39, 0.29) is 6.10 Å². The van der Waals surface area contributed by atoms with E-state index in [1.807, 2.05) is 18.3 Å². The number of nitrogens with zero attached hydrogens (tertiary/aromatic N) is 2. The number of hydrogen-bond donors (Lipinski definition) is 2. The average molecular weight is 341 g/mol. The van der Waals surface area contributed by atoms with Crippen molar-refractivity contribution in [3.63, 3.8) is 0 Å². The molecular formula is C18H19N3O2S. The highest BCUT2D eigenvalue weighted by atomic mass is 32.1. The van der Waals surface area contributed by atoms with Gasteiger partial charge in [0.2, 0.25) is 5.91 Å². The zero-order valence-electron chi connectivity index (χ0n) is 13.2. The molecule has 3 N–H and O–H groups in total. The van der Waals surface area contributed by atoms with Gasteiger partial charge in [0.1, 0.15) is 0 Å². The standard InChI is InChI=1S/C18H19N3O2S/c19-18(23)15-7-11(17-9-20-10-24-17)8-16-14(15)5-6-21(16)12-1-3-13(22)4-2-12/h5-10,12-13,22H,1-4H2,(H2,19,23). The van der Waals surface area contributed by atoms with Gasteiger partial charge in [0.05, 0.1) is 16.5 Å². The number of amides is 1. The van der Waals surface area contributed by atoms with E-state index in [4.69, 9.17) is 5.73 Å². The summed E-state index contributed by atoms with van der Waals surface area (Å²) in [6.45, 7) is 0. The summed E-state index contributed by atoms with van der Waals surface area (Å²) in [7, 11) is 0. The molecule has 2 heterocycles. The van der Waals surface area contributed by atoms with Crippen LogP contribution in [0, 0.1) is 0 Å². The molecule has 124 valence electrons. The fraction of sp³-hybridized carbons (Fsp3) is 0.333. The summed E-state index contributed by atoms with van der Waals surface area (Å²) in [5.41, 5.74) is 9.94. The molecule has 0 bridgehead atoms. The predicted octanol–water partition coefficient (Wildman–Crippen LogP) is 3.34. The normalized spacial score (nSPS) is 21.2. The van der Waals surface area contributed by atoms with Crippen LogP contribution >= 0.6 is 11.3 Å². The summed E-state index contributed by atoms with van der Waals surface area (Å²) in [6.07, 6.45) is 7.19. The number of aliphatic hydroxyl groups excluding tert-OH is 1. The fourth-order valence-electron chi connectivity index (χ4n) is 3.62. The first-order valence-corrected chi connectivity index (χ1v) is 9.03. The molecule has 1 saturated carbocycles. The lowest BCUT2D eigenvalue weighted by Crippen LogP contribution is -2.20. The maximum atomic E-state index is 11.9. The molecule has 5 nitrogen and oxygen atoms in total. The second-order valence-electron chi connectivity index (χ2n) is 6.37. The average Bonchev–Trinajstić information content (AvgIpc) is 3.24. The van der Waals surface area contributed by atoms with Crippen molar-refractivity contribution in [1.82, 2.24) is 9.55 Å². The zero-order chi connectivity index (χ0) is 16.7. The number of aromatic nitrogens is 2. The minimum atomic E-state index is -0.414. The summed E-state index contributed by atoms with van der Waals surface area (Å²) < 4.78 is 2.23. The Morgan fingerprint density at radius 3 is 2.75 bits per heavy atom. The monoisotopic (exact) mass is 341 g/mol. The molecule has 4 rings (SSSR count). The van der Waals surface area contributed by atoms with Gasteiger partial charge in [0, 0.05) is 34.9 Å². The number of carbonyl (C=O) groups is 1. The molecule has 24 heavy (non-hydrogen) atoms. The molecule has 1 aromatic carbocycles. The fourth-order valence-corrected chi connectivity index (χ4v) is 4.23. The van der Waals surface area contributed by atoms with Crippen molar-refractivity contribution in [2.75, 3.05) is 0 Å². The highest BCUT2D eigenvalue weighted by Crippen LogP contribution is 2.35. The van der Waals surface area contributed by atoms with E-state index < -0.39 is 5.91 Å². The molecule has 0 unspecified atom stereocenters. The van der Waals surface area contributed by atoms with E-state index in [0.29, 0.717) is 11.6 Å². The molecule has 0 radical (unpaired) electrons. The number of benzene rings is 1. The Kier molecular flexibility index (Phi) is 3.86. The molecule has 6 heteroatoms. The molecule has 1 aliphatic carbocycles. The molecule has 0 saturated heterocycles. The Morgan fingerprint density at radius 1 is 1.29 bits per heavy atom. The summed E-state index contributed by atoms with van der Waals surface area (Å²) in [4.78, 5) is 17.1. The van der Waals surface area contributed by atoms with Gasteiger partial charge in [-0.15, -0.1) is 11.3 Å². The van der Waals surface area contributed by atoms with Crippen LogP contribution < -0.4 is 5.73 Å². The van der Waals surface area contributed by atoms with Gasteiger partial charge in [-0.25, -0.2) is 0 Å². The molecular weight excluding hydrogens is 322 g/mol. The molecule has 0 spiro atoms. The van der Waals surface area contributed by atoms with Gasteiger partial charge in [-0.2, -0.15) is 0 Å². The number of rotatable bonds is 3. The van der Waals surface area contributed by atoms with Gasteiger partial charge >= 0.3 is 0 Å². The van der Waals surface area contributed by atoms with Crippen molar-refractivity contribution >= 4 is 28.1 Å². The van der Waals surface area contributed by atoms with Gasteiger partial charge in [-0.3, -0.25) is 9.78 Å². The Hall–Kier alpha value is -2.18. The van der Waals surface area contributed by atoms with Gasteiger partial charge in [0.25, 0.3) is 0 Å². The van der Waals surface area contributed by atoms with Crippen LogP contribution in [0.1, 0.15) is 42.1 Å². The summed E-state index contributed by atoms with van der Waals surface area (Å²) in [5.74, 6) is -0.414. The van der Waals surface area contributed by atoms with Crippen molar-refractivity contribution < 1.29 is 9.90 Å². The molecule has 0 atom stereocenters. The van der Waals surface area contributed by atoms with Crippen molar-refractivity contribution in [3.8, 4) is 10.4 Å². The number of thiazole rings is 1. The van der Waals surface area contributed by atoms with Crippen LogP contribution in [0.15, 0.2) is 36.1 Å². The quantitative estimate of drug-likeness (QED) is 0.766. The summed E-state index contributed by atoms with van der Waals surface area (Å²) in [6, 6.07) is 6.29. The van der Waals surface area contributed by atoms with Gasteiger partial charge in [-0.05, 0) is 49.4 Å². The Bertz CT molecular complexity index is 877. The van der Waals surface area contributed by atoms with Crippen molar-refractivity contribution in [3.05, 3.63) is 41.7 Å². The smallest absolute Gasteiger partial charge is 0.249 e. The zero-order valence-corrected chi connectivity index (χ0v) is 14.0. The molecule has 1 amide bonds. The van der Waals surface area contributed by atoms with Gasteiger partial charge in [-0.1, -0.05) is 0 Å². The van der Waals surface area contributed by atoms with Crippen LogP contribution in [-0.4, -0.2) is 26.7 Å². The lowest BCUT2D eigenvalue weighted by Gasteiger charge is -2.27. The van der Waals surface area contributed by atoms with E-state index in [1.54, 1.807) is 23.0 Å². The third-order valence-corrected chi connectivity index (χ3v) is 5.70. The lowest BCUT2D eigenvalue weighted by molar-refractivity contribution is 0.100. The largest absolute Gasteiger partial charge is 0.393 e. The number of hydrogen-bond acceptors (Lipinski definition) is 4. The SMILES string of the molecule is NC(=O)c1cc(-c2cncs2)cc2c1ccn2C1CCC(O)CC1. The lowest BCUT2D eigenvalue weighted by atomic mass is 9.93. The van der Waals surface area contributed by atoms with Crippen LogP contribution in [0.2, 0.25) is 0 Å². The first-order chi connectivity index (χ1) is 11.6. The molecule has 3 aromatic rings. The first-order valence-electron chi connectivity index (χ1n) is 8.15. The second-order valence-corrected chi connectivity index (χ2v) is 7.26. The van der Waals surface area contributed by atoms with E-state index in [2.05, 4.69) is 15.6 Å². The summed E-state index contributed by atoms with van der Waals surface area (Å²) in [5, 5.41) is 10.6. The van der Waals surface area contributed by atoms with Crippen LogP contribution in [-0.2, 0) is 0 Å². The van der Waals surface area contributed by atoms with Gasteiger partial charge in [0.15, 0.2) is 0 Å². The van der Waals surface area contributed by atoms with Gasteiger partial charge < -0.3 is 15.4 Å². The van der Waals surface area contributed by atoms with E-state index >= 15 is 0 Å². The predicted molar refractivity (Wildman–Crippen MR) is 95.1 cm³/mol. The van der Waals surface area contributed by atoms with Crippen molar-refractivity contribution in [2.45, 2.75) is 37.8 Å². The first kappa shape index (κ1) is 15.4. The Balaban J connectivity index is 1.86. The van der Waals surface area contributed by atoms with E-state index in [1.165, 1.54) is 0 Å². The topological polar surface area (TPSA) is 81.1 Å². The number of fused-ring (bicyclic) bond motifs is 1. The Labute approximate surface area is 143 Å². The van der Waals surface area contributed by atoms with Crippen LogP contribution in [0.25, 0.3) is 21.3 Å². The number of primary amides is 1. The maximum Gasteiger partial charge on any atom is 0.249 e. The third kappa shape index (κ3) is 2.61. The van der Waals surface area contributed by atoms with Crippen molar-refractivity contribution in [2.24, 2.45) is 5.73 Å². The van der Waals surface area contributed by atoms with E-state index in [9.17, 15) is 9.90 Å². The molecule has 2 aromatic heterocycles. The maximum absolute atomic E-state index is 11.9. The minimum Gasteiger partial charge on any atom is -0.393 e. The minimum absolute atomic E-state index is 0.183. The highest BCUT2D eigenvalue weighted by molar-refractivity contribution is 7.13. The van der Waals surface area contributed by atoms with Crippen LogP contribution in [0.4, 0.5) is 0 Å². The number of aliphatic hydroxyl groups is 1. The van der Waals surface area contributed by atoms with Crippen LogP contribution in [0.5, 0.6) is 0 Å².